The topological polar surface area (TPSA) is 108 Å². The largest absolute Gasteiger partial charge is 0.452 e. The average Bonchev–Trinajstić information content (AvgIpc) is 3.09. The van der Waals surface area contributed by atoms with Crippen LogP contribution in [0.15, 0.2) is 54.6 Å². The van der Waals surface area contributed by atoms with Crippen molar-refractivity contribution in [3.8, 4) is 6.07 Å². The SMILES string of the molecule is N#CCN(C(=O)COC(=O)c1ccc(N2CCCS2(=O)=O)cc1)c1ccccc1. The first-order valence-corrected chi connectivity index (χ1v) is 10.5. The van der Waals surface area contributed by atoms with E-state index < -0.39 is 28.5 Å². The molecule has 1 saturated heterocycles. The predicted molar refractivity (Wildman–Crippen MR) is 107 cm³/mol. The summed E-state index contributed by atoms with van der Waals surface area (Å²) >= 11 is 0. The summed E-state index contributed by atoms with van der Waals surface area (Å²) in [5.74, 6) is -1.12. The summed E-state index contributed by atoms with van der Waals surface area (Å²) in [5, 5.41) is 8.96. The smallest absolute Gasteiger partial charge is 0.338 e. The number of nitrogens with zero attached hydrogens (tertiary/aromatic N) is 3. The highest BCUT2D eigenvalue weighted by atomic mass is 32.2. The highest BCUT2D eigenvalue weighted by molar-refractivity contribution is 7.93. The Kier molecular flexibility index (Phi) is 6.14. The number of ether oxygens (including phenoxy) is 1. The normalized spacial score (nSPS) is 14.8. The summed E-state index contributed by atoms with van der Waals surface area (Å²) in [6, 6.07) is 16.5. The molecule has 150 valence electrons. The molecule has 3 rings (SSSR count). The van der Waals surface area contributed by atoms with Gasteiger partial charge < -0.3 is 4.74 Å². The second kappa shape index (κ2) is 8.75. The van der Waals surface area contributed by atoms with Gasteiger partial charge in [-0.05, 0) is 42.8 Å². The van der Waals surface area contributed by atoms with E-state index in [1.807, 2.05) is 6.07 Å². The number of rotatable bonds is 6. The van der Waals surface area contributed by atoms with Crippen molar-refractivity contribution in [3.63, 3.8) is 0 Å². The average molecular weight is 413 g/mol. The molecule has 1 aliphatic rings. The van der Waals surface area contributed by atoms with Gasteiger partial charge >= 0.3 is 5.97 Å². The van der Waals surface area contributed by atoms with Gasteiger partial charge in [0.25, 0.3) is 5.91 Å². The molecule has 0 saturated carbocycles. The van der Waals surface area contributed by atoms with Gasteiger partial charge in [0.15, 0.2) is 6.61 Å². The Balaban J connectivity index is 1.63. The zero-order valence-corrected chi connectivity index (χ0v) is 16.3. The number of carbonyl (C=O) groups is 2. The maximum Gasteiger partial charge on any atom is 0.338 e. The number of hydrogen-bond acceptors (Lipinski definition) is 6. The molecule has 0 aromatic heterocycles. The monoisotopic (exact) mass is 413 g/mol. The Morgan fingerprint density at radius 3 is 2.38 bits per heavy atom. The summed E-state index contributed by atoms with van der Waals surface area (Å²) in [4.78, 5) is 25.9. The van der Waals surface area contributed by atoms with Crippen molar-refractivity contribution in [3.05, 3.63) is 60.2 Å². The minimum absolute atomic E-state index is 0.111. The lowest BCUT2D eigenvalue weighted by atomic mass is 10.2. The van der Waals surface area contributed by atoms with Crippen molar-refractivity contribution in [1.82, 2.24) is 0 Å². The molecule has 2 aromatic rings. The molecule has 1 heterocycles. The Labute approximate surface area is 169 Å². The summed E-state index contributed by atoms with van der Waals surface area (Å²) in [6.07, 6.45) is 0.564. The van der Waals surface area contributed by atoms with Gasteiger partial charge in [-0.1, -0.05) is 18.2 Å². The van der Waals surface area contributed by atoms with E-state index in [0.717, 1.165) is 0 Å². The van der Waals surface area contributed by atoms with Crippen LogP contribution in [0.25, 0.3) is 0 Å². The van der Waals surface area contributed by atoms with E-state index in [1.54, 1.807) is 30.3 Å². The molecule has 0 unspecified atom stereocenters. The van der Waals surface area contributed by atoms with E-state index in [-0.39, 0.29) is 17.9 Å². The summed E-state index contributed by atoms with van der Waals surface area (Å²) in [5.41, 5.74) is 1.22. The summed E-state index contributed by atoms with van der Waals surface area (Å²) in [7, 11) is -3.30. The van der Waals surface area contributed by atoms with Crippen LogP contribution in [0.5, 0.6) is 0 Å². The molecule has 0 spiro atoms. The highest BCUT2D eigenvalue weighted by Gasteiger charge is 2.28. The van der Waals surface area contributed by atoms with E-state index in [1.165, 1.54) is 33.5 Å². The maximum atomic E-state index is 12.4. The van der Waals surface area contributed by atoms with E-state index >= 15 is 0 Å². The second-order valence-electron chi connectivity index (χ2n) is 6.34. The minimum atomic E-state index is -3.30. The Bertz CT molecular complexity index is 1030. The van der Waals surface area contributed by atoms with Gasteiger partial charge in [-0.2, -0.15) is 5.26 Å². The molecule has 0 N–H and O–H groups in total. The van der Waals surface area contributed by atoms with Crippen LogP contribution in [-0.2, 0) is 19.6 Å². The van der Waals surface area contributed by atoms with Gasteiger partial charge in [-0.15, -0.1) is 0 Å². The first-order valence-electron chi connectivity index (χ1n) is 8.92. The molecule has 8 nitrogen and oxygen atoms in total. The minimum Gasteiger partial charge on any atom is -0.452 e. The summed E-state index contributed by atoms with van der Waals surface area (Å²) in [6.45, 7) is -0.272. The third-order valence-corrected chi connectivity index (χ3v) is 6.28. The quantitative estimate of drug-likeness (QED) is 0.529. The predicted octanol–water partition coefficient (Wildman–Crippen LogP) is 1.94. The first kappa shape index (κ1) is 20.4. The van der Waals surface area contributed by atoms with Gasteiger partial charge in [0.2, 0.25) is 10.0 Å². The van der Waals surface area contributed by atoms with Crippen LogP contribution in [0.2, 0.25) is 0 Å². The molecular weight excluding hydrogens is 394 g/mol. The number of hydrogen-bond donors (Lipinski definition) is 0. The molecule has 29 heavy (non-hydrogen) atoms. The first-order chi connectivity index (χ1) is 13.9. The van der Waals surface area contributed by atoms with Gasteiger partial charge in [0, 0.05) is 12.2 Å². The third kappa shape index (κ3) is 4.73. The van der Waals surface area contributed by atoms with E-state index in [0.29, 0.717) is 24.3 Å². The van der Waals surface area contributed by atoms with Gasteiger partial charge in [-0.25, -0.2) is 13.2 Å². The van der Waals surface area contributed by atoms with Crippen molar-refractivity contribution in [1.29, 1.82) is 5.26 Å². The molecule has 0 atom stereocenters. The van der Waals surface area contributed by atoms with Gasteiger partial charge in [-0.3, -0.25) is 14.0 Å². The van der Waals surface area contributed by atoms with Gasteiger partial charge in [0.1, 0.15) is 6.54 Å². The van der Waals surface area contributed by atoms with E-state index in [4.69, 9.17) is 10.00 Å². The number of sulfonamides is 1. The fourth-order valence-corrected chi connectivity index (χ4v) is 4.55. The number of carbonyl (C=O) groups excluding carboxylic acids is 2. The molecule has 0 aliphatic carbocycles. The molecule has 1 aliphatic heterocycles. The number of benzene rings is 2. The number of esters is 1. The van der Waals surface area contributed by atoms with Crippen molar-refractivity contribution in [2.75, 3.05) is 34.7 Å². The van der Waals surface area contributed by atoms with Crippen LogP contribution < -0.4 is 9.21 Å². The number of nitriles is 1. The van der Waals surface area contributed by atoms with E-state index in [2.05, 4.69) is 0 Å². The van der Waals surface area contributed by atoms with Crippen LogP contribution in [0.3, 0.4) is 0 Å². The lowest BCUT2D eigenvalue weighted by Gasteiger charge is -2.19. The third-order valence-electron chi connectivity index (χ3n) is 4.41. The highest BCUT2D eigenvalue weighted by Crippen LogP contribution is 2.24. The summed E-state index contributed by atoms with van der Waals surface area (Å²) < 4.78 is 30.3. The maximum absolute atomic E-state index is 12.4. The standard InChI is InChI=1S/C20H19N3O5S/c21-11-13-22(17-5-2-1-3-6-17)19(24)15-28-20(25)16-7-9-18(10-8-16)23-12-4-14-29(23,26)27/h1-3,5-10H,4,12-15H2. The van der Waals surface area contributed by atoms with Crippen molar-refractivity contribution in [2.45, 2.75) is 6.42 Å². The fourth-order valence-electron chi connectivity index (χ4n) is 2.98. The molecule has 0 radical (unpaired) electrons. The molecule has 1 fully saturated rings. The number of anilines is 2. The van der Waals surface area contributed by atoms with Crippen LogP contribution in [0.4, 0.5) is 11.4 Å². The zero-order valence-electron chi connectivity index (χ0n) is 15.5. The Morgan fingerprint density at radius 2 is 1.79 bits per heavy atom. The Hall–Kier alpha value is -3.38. The van der Waals surface area contributed by atoms with Crippen LogP contribution in [0.1, 0.15) is 16.8 Å². The van der Waals surface area contributed by atoms with Crippen molar-refractivity contribution < 1.29 is 22.7 Å². The fraction of sp³-hybridized carbons (Fsp3) is 0.250. The number of para-hydroxylation sites is 1. The Morgan fingerprint density at radius 1 is 1.10 bits per heavy atom. The lowest BCUT2D eigenvalue weighted by molar-refractivity contribution is -0.121. The van der Waals surface area contributed by atoms with Crippen LogP contribution >= 0.6 is 0 Å². The van der Waals surface area contributed by atoms with E-state index in [9.17, 15) is 18.0 Å². The zero-order chi connectivity index (χ0) is 20.9. The molecule has 1 amide bonds. The second-order valence-corrected chi connectivity index (χ2v) is 8.35. The van der Waals surface area contributed by atoms with Gasteiger partial charge in [0.05, 0.1) is 23.1 Å². The molecule has 0 bridgehead atoms. The molecular formula is C20H19N3O5S. The van der Waals surface area contributed by atoms with Crippen LogP contribution in [-0.4, -0.2) is 45.7 Å². The van der Waals surface area contributed by atoms with Crippen LogP contribution in [0, 0.1) is 11.3 Å². The lowest BCUT2D eigenvalue weighted by Crippen LogP contribution is -2.35. The molecule has 9 heteroatoms. The van der Waals surface area contributed by atoms with Crippen molar-refractivity contribution in [2.24, 2.45) is 0 Å². The molecule has 2 aromatic carbocycles. The van der Waals surface area contributed by atoms with Crippen molar-refractivity contribution >= 4 is 33.3 Å². The number of amides is 1.